The molecule has 0 aliphatic carbocycles. The lowest BCUT2D eigenvalue weighted by atomic mass is 10.1. The van der Waals surface area contributed by atoms with E-state index < -0.39 is 11.6 Å². The van der Waals surface area contributed by atoms with Gasteiger partial charge in [-0.25, -0.2) is 13.8 Å². The second kappa shape index (κ2) is 5.97. The second-order valence-corrected chi connectivity index (χ2v) is 4.06. The minimum absolute atomic E-state index is 0.0281. The Kier molecular flexibility index (Phi) is 4.11. The van der Waals surface area contributed by atoms with E-state index in [2.05, 4.69) is 15.6 Å². The van der Waals surface area contributed by atoms with Crippen LogP contribution in [0.3, 0.4) is 0 Å². The van der Waals surface area contributed by atoms with Crippen LogP contribution in [0.2, 0.25) is 0 Å². The zero-order chi connectivity index (χ0) is 14.5. The Hall–Kier alpha value is -2.68. The molecule has 0 unspecified atom stereocenters. The molecule has 0 saturated carbocycles. The number of hydrogen-bond donors (Lipinski definition) is 2. The molecule has 0 aliphatic rings. The van der Waals surface area contributed by atoms with Gasteiger partial charge >= 0.3 is 0 Å². The van der Waals surface area contributed by atoms with Crippen LogP contribution < -0.4 is 10.6 Å². The fourth-order valence-electron chi connectivity index (χ4n) is 1.70. The summed E-state index contributed by atoms with van der Waals surface area (Å²) in [6, 6.07) is 9.70. The molecule has 2 aromatic rings. The molecule has 4 nitrogen and oxygen atoms in total. The average Bonchev–Trinajstić information content (AvgIpc) is 2.46. The van der Waals surface area contributed by atoms with Gasteiger partial charge < -0.3 is 10.6 Å². The first-order valence-corrected chi connectivity index (χ1v) is 5.90. The third-order valence-electron chi connectivity index (χ3n) is 2.68. The maximum Gasteiger partial charge on any atom is 0.168 e. The van der Waals surface area contributed by atoms with E-state index in [0.717, 1.165) is 11.6 Å². The molecular weight excluding hydrogens is 262 g/mol. The van der Waals surface area contributed by atoms with E-state index in [9.17, 15) is 8.78 Å². The molecule has 2 N–H and O–H groups in total. The van der Waals surface area contributed by atoms with Gasteiger partial charge in [0.2, 0.25) is 0 Å². The van der Waals surface area contributed by atoms with Crippen molar-refractivity contribution in [3.63, 3.8) is 0 Å². The Morgan fingerprint density at radius 2 is 1.95 bits per heavy atom. The van der Waals surface area contributed by atoms with Crippen molar-refractivity contribution in [1.82, 2.24) is 4.98 Å². The van der Waals surface area contributed by atoms with E-state index in [1.807, 2.05) is 6.07 Å². The van der Waals surface area contributed by atoms with Crippen molar-refractivity contribution in [1.29, 1.82) is 5.26 Å². The Balaban J connectivity index is 2.16. The molecule has 0 radical (unpaired) electrons. The van der Waals surface area contributed by atoms with Gasteiger partial charge in [-0.05, 0) is 17.7 Å². The van der Waals surface area contributed by atoms with E-state index in [0.29, 0.717) is 5.56 Å². The summed E-state index contributed by atoms with van der Waals surface area (Å²) in [6.07, 6.45) is 0. The van der Waals surface area contributed by atoms with Crippen LogP contribution in [0.25, 0.3) is 0 Å². The highest BCUT2D eigenvalue weighted by atomic mass is 19.1. The molecule has 0 amide bonds. The molecule has 20 heavy (non-hydrogen) atoms. The van der Waals surface area contributed by atoms with Crippen molar-refractivity contribution >= 4 is 11.6 Å². The van der Waals surface area contributed by atoms with E-state index in [4.69, 9.17) is 5.26 Å². The van der Waals surface area contributed by atoms with Crippen molar-refractivity contribution in [2.24, 2.45) is 0 Å². The normalized spacial score (nSPS) is 9.90. The fraction of sp³-hybridized carbons (Fsp3) is 0.143. The van der Waals surface area contributed by atoms with Crippen LogP contribution in [0.4, 0.5) is 20.4 Å². The summed E-state index contributed by atoms with van der Waals surface area (Å²) in [4.78, 5) is 3.81. The number of pyridine rings is 1. The highest BCUT2D eigenvalue weighted by molar-refractivity contribution is 5.47. The minimum Gasteiger partial charge on any atom is -0.371 e. The van der Waals surface area contributed by atoms with Crippen molar-refractivity contribution in [2.75, 3.05) is 17.7 Å². The van der Waals surface area contributed by atoms with Crippen LogP contribution in [-0.2, 0) is 6.54 Å². The lowest BCUT2D eigenvalue weighted by Gasteiger charge is -2.09. The molecule has 1 aromatic carbocycles. The number of hydrogen-bond acceptors (Lipinski definition) is 4. The monoisotopic (exact) mass is 274 g/mol. The third-order valence-corrected chi connectivity index (χ3v) is 2.68. The van der Waals surface area contributed by atoms with E-state index in [-0.39, 0.29) is 18.2 Å². The fourth-order valence-corrected chi connectivity index (χ4v) is 1.70. The first-order chi connectivity index (χ1) is 9.63. The maximum atomic E-state index is 13.6. The van der Waals surface area contributed by atoms with Gasteiger partial charge in [-0.15, -0.1) is 0 Å². The zero-order valence-electron chi connectivity index (χ0n) is 10.7. The quantitative estimate of drug-likeness (QED) is 0.900. The Labute approximate surface area is 115 Å². The first kappa shape index (κ1) is 13.7. The predicted octanol–water partition coefficient (Wildman–Crippen LogP) is 2.89. The molecule has 0 atom stereocenters. The molecular formula is C14H12F2N4. The standard InChI is InChI=1S/C14H12F2N4/c1-18-13-11(15)6-12(16)14(20-13)19-8-10-4-2-3-9(5-10)7-17/h2-6H,8H2,1H3,(H2,18,19,20). The summed E-state index contributed by atoms with van der Waals surface area (Å²) in [7, 11) is 1.50. The Morgan fingerprint density at radius 1 is 1.20 bits per heavy atom. The van der Waals surface area contributed by atoms with Gasteiger partial charge in [0.15, 0.2) is 23.3 Å². The average molecular weight is 274 g/mol. The van der Waals surface area contributed by atoms with Crippen molar-refractivity contribution in [3.8, 4) is 6.07 Å². The van der Waals surface area contributed by atoms with Crippen LogP contribution >= 0.6 is 0 Å². The minimum atomic E-state index is -0.766. The molecule has 0 bridgehead atoms. The summed E-state index contributed by atoms with van der Waals surface area (Å²) >= 11 is 0. The highest BCUT2D eigenvalue weighted by Gasteiger charge is 2.10. The van der Waals surface area contributed by atoms with E-state index >= 15 is 0 Å². The van der Waals surface area contributed by atoms with Crippen molar-refractivity contribution in [3.05, 3.63) is 53.1 Å². The number of nitrogens with zero attached hydrogens (tertiary/aromatic N) is 2. The van der Waals surface area contributed by atoms with Crippen molar-refractivity contribution < 1.29 is 8.78 Å². The van der Waals surface area contributed by atoms with Gasteiger partial charge in [-0.1, -0.05) is 12.1 Å². The summed E-state index contributed by atoms with van der Waals surface area (Å²) < 4.78 is 26.8. The number of nitriles is 1. The van der Waals surface area contributed by atoms with Crippen molar-refractivity contribution in [2.45, 2.75) is 6.54 Å². The zero-order valence-corrected chi connectivity index (χ0v) is 10.7. The molecule has 0 aliphatic heterocycles. The van der Waals surface area contributed by atoms with Crippen LogP contribution in [0.1, 0.15) is 11.1 Å². The molecule has 6 heteroatoms. The van der Waals surface area contributed by atoms with Gasteiger partial charge in [0.25, 0.3) is 0 Å². The molecule has 2 rings (SSSR count). The van der Waals surface area contributed by atoms with Gasteiger partial charge in [0.1, 0.15) is 0 Å². The number of rotatable bonds is 4. The number of nitrogens with one attached hydrogen (secondary N) is 2. The topological polar surface area (TPSA) is 60.7 Å². The third kappa shape index (κ3) is 3.01. The molecule has 1 heterocycles. The van der Waals surface area contributed by atoms with Crippen LogP contribution in [-0.4, -0.2) is 12.0 Å². The van der Waals surface area contributed by atoms with Gasteiger partial charge in [0, 0.05) is 19.7 Å². The summed E-state index contributed by atoms with van der Waals surface area (Å²) in [5.74, 6) is -1.59. The number of benzene rings is 1. The Morgan fingerprint density at radius 3 is 2.65 bits per heavy atom. The smallest absolute Gasteiger partial charge is 0.168 e. The van der Waals surface area contributed by atoms with Gasteiger partial charge in [0.05, 0.1) is 11.6 Å². The molecule has 1 aromatic heterocycles. The van der Waals surface area contributed by atoms with Crippen LogP contribution in [0, 0.1) is 23.0 Å². The first-order valence-electron chi connectivity index (χ1n) is 5.90. The lowest BCUT2D eigenvalue weighted by Crippen LogP contribution is -2.07. The molecule has 102 valence electrons. The number of aromatic nitrogens is 1. The van der Waals surface area contributed by atoms with E-state index in [1.165, 1.54) is 7.05 Å². The maximum absolute atomic E-state index is 13.6. The summed E-state index contributed by atoms with van der Waals surface area (Å²) in [5, 5.41) is 14.1. The van der Waals surface area contributed by atoms with Gasteiger partial charge in [-0.3, -0.25) is 0 Å². The van der Waals surface area contributed by atoms with E-state index in [1.54, 1.807) is 24.3 Å². The second-order valence-electron chi connectivity index (χ2n) is 4.06. The molecule has 0 spiro atoms. The highest BCUT2D eigenvalue weighted by Crippen LogP contribution is 2.19. The summed E-state index contributed by atoms with van der Waals surface area (Å²) in [6.45, 7) is 0.286. The Bertz CT molecular complexity index is 665. The number of anilines is 2. The van der Waals surface area contributed by atoms with Gasteiger partial charge in [-0.2, -0.15) is 5.26 Å². The van der Waals surface area contributed by atoms with Crippen LogP contribution in [0.15, 0.2) is 30.3 Å². The largest absolute Gasteiger partial charge is 0.371 e. The molecule has 0 fully saturated rings. The summed E-state index contributed by atoms with van der Waals surface area (Å²) in [5.41, 5.74) is 1.33. The van der Waals surface area contributed by atoms with Crippen LogP contribution in [0.5, 0.6) is 0 Å². The molecule has 0 saturated heterocycles. The number of halogens is 2. The predicted molar refractivity (Wildman–Crippen MR) is 72.2 cm³/mol. The SMILES string of the molecule is CNc1nc(NCc2cccc(C#N)c2)c(F)cc1F. The lowest BCUT2D eigenvalue weighted by molar-refractivity contribution is 0.578.